The molecule has 8 nitrogen and oxygen atoms in total. The van der Waals surface area contributed by atoms with Gasteiger partial charge < -0.3 is 10.6 Å². The van der Waals surface area contributed by atoms with Crippen molar-refractivity contribution in [3.63, 3.8) is 0 Å². The number of amides is 1. The Labute approximate surface area is 159 Å². The molecule has 1 amide bonds. The van der Waals surface area contributed by atoms with Gasteiger partial charge in [-0.2, -0.15) is 5.10 Å². The van der Waals surface area contributed by atoms with Crippen LogP contribution in [0.5, 0.6) is 0 Å². The third kappa shape index (κ3) is 6.01. The van der Waals surface area contributed by atoms with Gasteiger partial charge in [-0.15, -0.1) is 12.4 Å². The number of likely N-dealkylation sites (N-methyl/N-ethyl adjacent to an activating group) is 1. The summed E-state index contributed by atoms with van der Waals surface area (Å²) in [6.07, 6.45) is 3.91. The number of halogens is 1. The molecule has 1 aromatic carbocycles. The number of hydrogen-bond acceptors (Lipinski definition) is 5. The number of nitrogens with zero attached hydrogens (tertiary/aromatic N) is 2. The van der Waals surface area contributed by atoms with Crippen molar-refractivity contribution in [3.8, 4) is 0 Å². The number of carbonyl (C=O) groups is 1. The maximum Gasteiger partial charge on any atom is 0.246 e. The van der Waals surface area contributed by atoms with Crippen LogP contribution in [0.25, 0.3) is 0 Å². The highest BCUT2D eigenvalue weighted by Gasteiger charge is 2.20. The fourth-order valence-electron chi connectivity index (χ4n) is 2.41. The van der Waals surface area contributed by atoms with Crippen molar-refractivity contribution in [2.45, 2.75) is 19.4 Å². The van der Waals surface area contributed by atoms with E-state index in [4.69, 9.17) is 0 Å². The zero-order chi connectivity index (χ0) is 18.4. The van der Waals surface area contributed by atoms with Crippen molar-refractivity contribution in [2.24, 2.45) is 7.05 Å². The van der Waals surface area contributed by atoms with Crippen LogP contribution in [0, 0.1) is 0 Å². The summed E-state index contributed by atoms with van der Waals surface area (Å²) in [6, 6.07) is 6.04. The van der Waals surface area contributed by atoms with Gasteiger partial charge in [0.15, 0.2) is 0 Å². The first kappa shape index (κ1) is 21.9. The minimum absolute atomic E-state index is 0. The molecule has 0 aliphatic rings. The van der Waals surface area contributed by atoms with Gasteiger partial charge in [0.2, 0.25) is 15.9 Å². The molecule has 0 saturated heterocycles. The van der Waals surface area contributed by atoms with Crippen molar-refractivity contribution in [1.82, 2.24) is 15.1 Å². The molecule has 1 aromatic heterocycles. The fraction of sp³-hybridized carbons (Fsp3) is 0.375. The molecule has 2 rings (SSSR count). The topological polar surface area (TPSA) is 105 Å². The van der Waals surface area contributed by atoms with Crippen molar-refractivity contribution in [1.29, 1.82) is 0 Å². The van der Waals surface area contributed by atoms with Crippen LogP contribution in [0.3, 0.4) is 0 Å². The van der Waals surface area contributed by atoms with Crippen LogP contribution in [-0.4, -0.2) is 36.9 Å². The van der Waals surface area contributed by atoms with Crippen molar-refractivity contribution < 1.29 is 13.2 Å². The van der Waals surface area contributed by atoms with E-state index in [1.807, 2.05) is 0 Å². The molecule has 1 unspecified atom stereocenters. The van der Waals surface area contributed by atoms with E-state index >= 15 is 0 Å². The molecule has 0 radical (unpaired) electrons. The summed E-state index contributed by atoms with van der Waals surface area (Å²) >= 11 is 0. The first-order valence-electron chi connectivity index (χ1n) is 7.92. The summed E-state index contributed by atoms with van der Waals surface area (Å²) in [5.74, 6) is -0.212. The molecule has 3 N–H and O–H groups in total. The van der Waals surface area contributed by atoms with Gasteiger partial charge in [-0.05, 0) is 31.7 Å². The van der Waals surface area contributed by atoms with E-state index in [2.05, 4.69) is 20.5 Å². The number of sulfonamides is 1. The molecule has 0 saturated carbocycles. The molecular weight excluding hydrogens is 378 g/mol. The molecule has 0 spiro atoms. The summed E-state index contributed by atoms with van der Waals surface area (Å²) < 4.78 is 27.8. The van der Waals surface area contributed by atoms with E-state index in [0.717, 1.165) is 5.56 Å². The molecule has 144 valence electrons. The van der Waals surface area contributed by atoms with E-state index in [9.17, 15) is 13.2 Å². The number of aryl methyl sites for hydroxylation is 1. The van der Waals surface area contributed by atoms with Gasteiger partial charge in [-0.3, -0.25) is 14.2 Å². The van der Waals surface area contributed by atoms with E-state index in [1.54, 1.807) is 62.4 Å². The zero-order valence-electron chi connectivity index (χ0n) is 14.9. The predicted molar refractivity (Wildman–Crippen MR) is 105 cm³/mol. The molecule has 2 aromatic rings. The molecular formula is C16H24ClN5O3S. The van der Waals surface area contributed by atoms with E-state index in [-0.39, 0.29) is 24.1 Å². The number of nitrogens with one attached hydrogen (secondary N) is 3. The average Bonchev–Trinajstić information content (AvgIpc) is 2.94. The van der Waals surface area contributed by atoms with Crippen LogP contribution >= 0.6 is 12.4 Å². The van der Waals surface area contributed by atoms with Crippen molar-refractivity contribution in [2.75, 3.05) is 22.8 Å². The average molecular weight is 402 g/mol. The lowest BCUT2D eigenvalue weighted by Gasteiger charge is -2.15. The Morgan fingerprint density at radius 1 is 1.31 bits per heavy atom. The minimum Gasteiger partial charge on any atom is -0.324 e. The number of aromatic nitrogens is 2. The van der Waals surface area contributed by atoms with E-state index in [0.29, 0.717) is 17.8 Å². The number of carbonyl (C=O) groups excluding carboxylic acids is 1. The molecule has 1 atom stereocenters. The van der Waals surface area contributed by atoms with Gasteiger partial charge in [0.1, 0.15) is 6.04 Å². The Morgan fingerprint density at radius 3 is 2.58 bits per heavy atom. The van der Waals surface area contributed by atoms with E-state index < -0.39 is 16.1 Å². The number of rotatable bonds is 8. The van der Waals surface area contributed by atoms with Crippen molar-refractivity contribution >= 4 is 39.7 Å². The summed E-state index contributed by atoms with van der Waals surface area (Å²) in [4.78, 5) is 12.5. The normalized spacial score (nSPS) is 12.1. The predicted octanol–water partition coefficient (Wildman–Crippen LogP) is 1.89. The standard InChI is InChI=1S/C16H23N5O3S.ClH/c1-4-8-25(23,24)20-14-7-5-6-13(9-14)19-16(22)15(17-2)12-10-18-21(3)11-12;/h5-7,9-11,15,17,20H,4,8H2,1-3H3,(H,19,22);1H. The number of benzene rings is 1. The monoisotopic (exact) mass is 401 g/mol. The molecule has 0 fully saturated rings. The van der Waals surface area contributed by atoms with Gasteiger partial charge in [0, 0.05) is 24.5 Å². The smallest absolute Gasteiger partial charge is 0.246 e. The Morgan fingerprint density at radius 2 is 2.00 bits per heavy atom. The quantitative estimate of drug-likeness (QED) is 0.626. The van der Waals surface area contributed by atoms with Gasteiger partial charge in [-0.25, -0.2) is 8.42 Å². The summed E-state index contributed by atoms with van der Waals surface area (Å²) in [7, 11) is 0.0876. The van der Waals surface area contributed by atoms with Crippen LogP contribution in [0.1, 0.15) is 24.9 Å². The maximum absolute atomic E-state index is 12.5. The second kappa shape index (κ2) is 9.56. The largest absolute Gasteiger partial charge is 0.324 e. The second-order valence-corrected chi connectivity index (χ2v) is 7.50. The lowest BCUT2D eigenvalue weighted by Crippen LogP contribution is -2.30. The molecule has 0 aliphatic carbocycles. The molecule has 10 heteroatoms. The Hall–Kier alpha value is -2.10. The highest BCUT2D eigenvalue weighted by atomic mass is 35.5. The molecule has 26 heavy (non-hydrogen) atoms. The van der Waals surface area contributed by atoms with Crippen LogP contribution in [0.4, 0.5) is 11.4 Å². The number of anilines is 2. The first-order valence-corrected chi connectivity index (χ1v) is 9.57. The Bertz CT molecular complexity index is 838. The number of hydrogen-bond donors (Lipinski definition) is 3. The SMILES string of the molecule is CCCS(=O)(=O)Nc1cccc(NC(=O)C(NC)c2cnn(C)c2)c1.Cl. The molecule has 0 aliphatic heterocycles. The van der Waals surface area contributed by atoms with Gasteiger partial charge in [0.05, 0.1) is 17.6 Å². The third-order valence-corrected chi connectivity index (χ3v) is 4.98. The first-order chi connectivity index (χ1) is 11.8. The van der Waals surface area contributed by atoms with Crippen LogP contribution in [-0.2, 0) is 21.9 Å². The Kier molecular flexibility index (Phi) is 8.07. The maximum atomic E-state index is 12.5. The lowest BCUT2D eigenvalue weighted by molar-refractivity contribution is -0.118. The zero-order valence-corrected chi connectivity index (χ0v) is 16.5. The van der Waals surface area contributed by atoms with Gasteiger partial charge in [0.25, 0.3) is 0 Å². The molecule has 1 heterocycles. The fourth-order valence-corrected chi connectivity index (χ4v) is 3.54. The third-order valence-electron chi connectivity index (χ3n) is 3.49. The van der Waals surface area contributed by atoms with Crippen molar-refractivity contribution in [3.05, 3.63) is 42.2 Å². The molecule has 0 bridgehead atoms. The van der Waals surface area contributed by atoms with Crippen LogP contribution in [0.2, 0.25) is 0 Å². The Balaban J connectivity index is 0.00000338. The minimum atomic E-state index is -3.38. The summed E-state index contributed by atoms with van der Waals surface area (Å²) in [6.45, 7) is 1.80. The summed E-state index contributed by atoms with van der Waals surface area (Å²) in [5.41, 5.74) is 1.65. The van der Waals surface area contributed by atoms with Gasteiger partial charge in [-0.1, -0.05) is 13.0 Å². The van der Waals surface area contributed by atoms with Crippen LogP contribution < -0.4 is 15.4 Å². The summed E-state index contributed by atoms with van der Waals surface area (Å²) in [5, 5.41) is 9.80. The van der Waals surface area contributed by atoms with Crippen LogP contribution in [0.15, 0.2) is 36.7 Å². The van der Waals surface area contributed by atoms with E-state index in [1.165, 1.54) is 0 Å². The van der Waals surface area contributed by atoms with Gasteiger partial charge >= 0.3 is 0 Å². The highest BCUT2D eigenvalue weighted by molar-refractivity contribution is 7.92. The second-order valence-electron chi connectivity index (χ2n) is 5.66. The lowest BCUT2D eigenvalue weighted by atomic mass is 10.1. The highest BCUT2D eigenvalue weighted by Crippen LogP contribution is 2.19.